The summed E-state index contributed by atoms with van der Waals surface area (Å²) in [5.41, 5.74) is 3.09. The van der Waals surface area contributed by atoms with Gasteiger partial charge in [-0.3, -0.25) is 9.69 Å². The van der Waals surface area contributed by atoms with Crippen molar-refractivity contribution >= 4 is 45.0 Å². The lowest BCUT2D eigenvalue weighted by Crippen LogP contribution is -2.31. The molecular weight excluding hydrogens is 450 g/mol. The van der Waals surface area contributed by atoms with Crippen LogP contribution in [0.2, 0.25) is 0 Å². The van der Waals surface area contributed by atoms with E-state index in [4.69, 9.17) is 4.74 Å². The molecule has 0 spiro atoms. The Bertz CT molecular complexity index is 945. The summed E-state index contributed by atoms with van der Waals surface area (Å²) in [6.07, 6.45) is 3.43. The van der Waals surface area contributed by atoms with Crippen molar-refractivity contribution in [2.45, 2.75) is 38.5 Å². The number of aryl methyl sites for hydroxylation is 1. The Kier molecular flexibility index (Phi) is 7.50. The summed E-state index contributed by atoms with van der Waals surface area (Å²) in [6.45, 7) is 4.65. The largest absolute Gasteiger partial charge is 0.496 e. The molecule has 1 fully saturated rings. The number of benzene rings is 2. The molecule has 0 unspecified atom stereocenters. The minimum Gasteiger partial charge on any atom is -0.496 e. The van der Waals surface area contributed by atoms with E-state index in [0.717, 1.165) is 34.0 Å². The lowest BCUT2D eigenvalue weighted by atomic mass is 10.1. The lowest BCUT2D eigenvalue weighted by Gasteiger charge is -2.17. The van der Waals surface area contributed by atoms with E-state index in [9.17, 15) is 4.79 Å². The van der Waals surface area contributed by atoms with E-state index < -0.39 is 0 Å². The van der Waals surface area contributed by atoms with Gasteiger partial charge in [-0.25, -0.2) is 0 Å². The minimum atomic E-state index is -0.0987. The Morgan fingerprint density at radius 1 is 1.28 bits per heavy atom. The van der Waals surface area contributed by atoms with E-state index >= 15 is 0 Å². The minimum absolute atomic E-state index is 0.0987. The second kappa shape index (κ2) is 10.1. The first-order chi connectivity index (χ1) is 14.0. The number of thioether (sulfide) groups is 1. The molecule has 7 heteroatoms. The molecule has 0 N–H and O–H groups in total. The third-order valence-electron chi connectivity index (χ3n) is 4.69. The van der Waals surface area contributed by atoms with Crippen LogP contribution in [-0.2, 0) is 11.3 Å². The van der Waals surface area contributed by atoms with Crippen molar-refractivity contribution in [2.75, 3.05) is 7.11 Å². The normalized spacial score (nSPS) is 18.2. The molecule has 1 heterocycles. The van der Waals surface area contributed by atoms with Crippen LogP contribution in [0.15, 0.2) is 57.1 Å². The molecule has 1 atom stereocenters. The highest BCUT2D eigenvalue weighted by atomic mass is 79.9. The highest BCUT2D eigenvalue weighted by Gasteiger charge is 2.37. The molecule has 2 aromatic rings. The van der Waals surface area contributed by atoms with Crippen LogP contribution in [0.3, 0.4) is 0 Å². The summed E-state index contributed by atoms with van der Waals surface area (Å²) >= 11 is 4.96. The van der Waals surface area contributed by atoms with Gasteiger partial charge in [0.25, 0.3) is 0 Å². The van der Waals surface area contributed by atoms with Crippen LogP contribution >= 0.6 is 27.7 Å². The molecule has 0 bridgehead atoms. The predicted molar refractivity (Wildman–Crippen MR) is 124 cm³/mol. The maximum absolute atomic E-state index is 12.9. The molecule has 0 aliphatic carbocycles. The number of ether oxygens (including phenoxy) is 1. The van der Waals surface area contributed by atoms with Crippen LogP contribution in [0.4, 0.5) is 0 Å². The van der Waals surface area contributed by atoms with E-state index in [1.54, 1.807) is 18.2 Å². The van der Waals surface area contributed by atoms with Gasteiger partial charge in [-0.15, -0.1) is 5.10 Å². The Morgan fingerprint density at radius 2 is 2.07 bits per heavy atom. The van der Waals surface area contributed by atoms with Crippen LogP contribution < -0.4 is 4.74 Å². The molecule has 0 radical (unpaired) electrons. The first-order valence-electron chi connectivity index (χ1n) is 9.50. The fourth-order valence-electron chi connectivity index (χ4n) is 3.08. The molecular formula is C22H24BrN3O2S. The molecule has 0 aromatic heterocycles. The number of carbonyl (C=O) groups is 1. The zero-order chi connectivity index (χ0) is 20.8. The molecule has 29 heavy (non-hydrogen) atoms. The molecule has 1 aliphatic heterocycles. The zero-order valence-corrected chi connectivity index (χ0v) is 19.2. The summed E-state index contributed by atoms with van der Waals surface area (Å²) in [7, 11) is 1.62. The number of hydrogen-bond acceptors (Lipinski definition) is 5. The number of methoxy groups -OCH3 is 1. The van der Waals surface area contributed by atoms with E-state index in [2.05, 4.69) is 46.0 Å². The summed E-state index contributed by atoms with van der Waals surface area (Å²) in [4.78, 5) is 14.7. The molecule has 5 nitrogen and oxygen atoms in total. The molecule has 3 rings (SSSR count). The third-order valence-corrected chi connectivity index (χ3v) is 6.42. The van der Waals surface area contributed by atoms with Crippen molar-refractivity contribution in [1.29, 1.82) is 0 Å². The fraction of sp³-hybridized carbons (Fsp3) is 0.318. The quantitative estimate of drug-likeness (QED) is 0.399. The van der Waals surface area contributed by atoms with Crippen molar-refractivity contribution in [3.05, 3.63) is 63.6 Å². The lowest BCUT2D eigenvalue weighted by molar-refractivity contribution is -0.126. The highest BCUT2D eigenvalue weighted by molar-refractivity contribution is 9.10. The number of amides is 1. The molecule has 0 saturated carbocycles. The van der Waals surface area contributed by atoms with Gasteiger partial charge in [0.15, 0.2) is 5.17 Å². The Hall–Kier alpha value is -2.12. The Labute approximate surface area is 184 Å². The molecule has 1 aliphatic rings. The van der Waals surface area contributed by atoms with Crippen LogP contribution in [-0.4, -0.2) is 34.5 Å². The van der Waals surface area contributed by atoms with E-state index in [1.165, 1.54) is 11.8 Å². The molecule has 1 amide bonds. The summed E-state index contributed by atoms with van der Waals surface area (Å²) in [5.74, 6) is 0.821. The number of carbonyl (C=O) groups excluding carboxylic acids is 1. The van der Waals surface area contributed by atoms with Crippen molar-refractivity contribution in [3.8, 4) is 5.75 Å². The molecule has 152 valence electrons. The van der Waals surface area contributed by atoms with Gasteiger partial charge >= 0.3 is 0 Å². The Balaban J connectivity index is 1.87. The topological polar surface area (TPSA) is 54.3 Å². The maximum atomic E-state index is 12.9. The smallest absolute Gasteiger partial charge is 0.242 e. The second-order valence-electron chi connectivity index (χ2n) is 6.76. The van der Waals surface area contributed by atoms with Gasteiger partial charge in [0, 0.05) is 10.0 Å². The van der Waals surface area contributed by atoms with Gasteiger partial charge in [0.2, 0.25) is 5.91 Å². The van der Waals surface area contributed by atoms with Gasteiger partial charge < -0.3 is 4.74 Å². The van der Waals surface area contributed by atoms with Gasteiger partial charge in [-0.05, 0) is 42.7 Å². The monoisotopic (exact) mass is 473 g/mol. The number of halogens is 1. The van der Waals surface area contributed by atoms with Gasteiger partial charge in [-0.1, -0.05) is 65.3 Å². The standard InChI is InChI=1S/C22H24BrN3O2S/c1-4-7-20-21(27)26(14-16-9-6-5-8-15(16)2)22(29-20)25-24-13-17-12-18(23)10-11-19(17)28-3/h5-6,8-13,20H,4,7,14H2,1-3H3/b24-13-,25-22+/t20-/m0/s1. The predicted octanol–water partition coefficient (Wildman–Crippen LogP) is 5.40. The number of hydrogen-bond donors (Lipinski definition) is 0. The van der Waals surface area contributed by atoms with Gasteiger partial charge in [0.05, 0.1) is 25.1 Å². The maximum Gasteiger partial charge on any atom is 0.242 e. The SMILES string of the molecule is CCC[C@@H]1S/C(=N/N=C\c2cc(Br)ccc2OC)N(Cc2ccccc2C)C1=O. The van der Waals surface area contributed by atoms with Crippen molar-refractivity contribution in [2.24, 2.45) is 10.2 Å². The average Bonchev–Trinajstić information content (AvgIpc) is 2.99. The first kappa shape index (κ1) is 21.6. The first-order valence-corrected chi connectivity index (χ1v) is 11.2. The van der Waals surface area contributed by atoms with Crippen LogP contribution in [0.25, 0.3) is 0 Å². The number of nitrogens with zero attached hydrogens (tertiary/aromatic N) is 3. The third kappa shape index (κ3) is 5.28. The zero-order valence-electron chi connectivity index (χ0n) is 16.8. The number of amidine groups is 1. The highest BCUT2D eigenvalue weighted by Crippen LogP contribution is 2.32. The van der Waals surface area contributed by atoms with E-state index in [1.807, 2.05) is 36.4 Å². The van der Waals surface area contributed by atoms with Crippen molar-refractivity contribution < 1.29 is 9.53 Å². The van der Waals surface area contributed by atoms with Crippen LogP contribution in [0.5, 0.6) is 5.75 Å². The van der Waals surface area contributed by atoms with E-state index in [0.29, 0.717) is 17.5 Å². The summed E-state index contributed by atoms with van der Waals surface area (Å²) in [5, 5.41) is 9.20. The van der Waals surface area contributed by atoms with Gasteiger partial charge in [0.1, 0.15) is 5.75 Å². The van der Waals surface area contributed by atoms with Gasteiger partial charge in [-0.2, -0.15) is 5.10 Å². The molecule has 2 aromatic carbocycles. The second-order valence-corrected chi connectivity index (χ2v) is 8.85. The molecule has 1 saturated heterocycles. The van der Waals surface area contributed by atoms with Crippen molar-refractivity contribution in [1.82, 2.24) is 4.90 Å². The van der Waals surface area contributed by atoms with Crippen molar-refractivity contribution in [3.63, 3.8) is 0 Å². The van der Waals surface area contributed by atoms with Crippen LogP contribution in [0, 0.1) is 6.92 Å². The Morgan fingerprint density at radius 3 is 2.79 bits per heavy atom. The van der Waals surface area contributed by atoms with Crippen LogP contribution in [0.1, 0.15) is 36.5 Å². The summed E-state index contributed by atoms with van der Waals surface area (Å²) in [6, 6.07) is 13.8. The van der Waals surface area contributed by atoms with E-state index in [-0.39, 0.29) is 11.2 Å². The fourth-order valence-corrected chi connectivity index (χ4v) is 4.67. The number of rotatable bonds is 7. The average molecular weight is 474 g/mol. The summed E-state index contributed by atoms with van der Waals surface area (Å²) < 4.78 is 6.30.